The molecule has 2 nitrogen and oxygen atoms in total. The van der Waals surface area contributed by atoms with E-state index in [-0.39, 0.29) is 0 Å². The van der Waals surface area contributed by atoms with Crippen LogP contribution in [0.2, 0.25) is 0 Å². The first-order valence-electron chi connectivity index (χ1n) is 5.52. The van der Waals surface area contributed by atoms with E-state index in [1.807, 2.05) is 0 Å². The highest BCUT2D eigenvalue weighted by molar-refractivity contribution is 4.76. The Morgan fingerprint density at radius 2 is 1.58 bits per heavy atom. The SMILES string of the molecule is C1CCC(N2CC[NH2+]CC2)CC1. The van der Waals surface area contributed by atoms with Crippen LogP contribution in [0.5, 0.6) is 0 Å². The summed E-state index contributed by atoms with van der Waals surface area (Å²) in [6.07, 6.45) is 7.38. The van der Waals surface area contributed by atoms with Gasteiger partial charge in [-0.25, -0.2) is 0 Å². The molecule has 0 atom stereocenters. The number of hydrogen-bond acceptors (Lipinski definition) is 1. The van der Waals surface area contributed by atoms with Gasteiger partial charge in [0.25, 0.3) is 0 Å². The van der Waals surface area contributed by atoms with Gasteiger partial charge in [0.1, 0.15) is 0 Å². The highest BCUT2D eigenvalue weighted by Gasteiger charge is 2.23. The van der Waals surface area contributed by atoms with Crippen LogP contribution in [0.1, 0.15) is 32.1 Å². The average Bonchev–Trinajstić information content (AvgIpc) is 2.21. The second-order valence-electron chi connectivity index (χ2n) is 4.19. The summed E-state index contributed by atoms with van der Waals surface area (Å²) in [6, 6.07) is 0.951. The van der Waals surface area contributed by atoms with Crippen LogP contribution >= 0.6 is 0 Å². The van der Waals surface area contributed by atoms with E-state index in [2.05, 4.69) is 10.2 Å². The third kappa shape index (κ3) is 1.99. The number of hydrogen-bond donors (Lipinski definition) is 1. The maximum absolute atomic E-state index is 2.72. The largest absolute Gasteiger partial charge is 0.344 e. The van der Waals surface area contributed by atoms with E-state index >= 15 is 0 Å². The Hall–Kier alpha value is -0.0800. The van der Waals surface area contributed by atoms with Crippen molar-refractivity contribution < 1.29 is 5.32 Å². The lowest BCUT2D eigenvalue weighted by Gasteiger charge is -2.35. The summed E-state index contributed by atoms with van der Waals surface area (Å²) in [5, 5.41) is 2.44. The van der Waals surface area contributed by atoms with E-state index in [0.29, 0.717) is 0 Å². The Morgan fingerprint density at radius 3 is 2.25 bits per heavy atom. The summed E-state index contributed by atoms with van der Waals surface area (Å²) >= 11 is 0. The van der Waals surface area contributed by atoms with Crippen LogP contribution < -0.4 is 5.32 Å². The highest BCUT2D eigenvalue weighted by atomic mass is 15.2. The first-order chi connectivity index (χ1) is 5.97. The van der Waals surface area contributed by atoms with E-state index in [1.165, 1.54) is 58.3 Å². The van der Waals surface area contributed by atoms with Gasteiger partial charge in [0.15, 0.2) is 0 Å². The van der Waals surface area contributed by atoms with Gasteiger partial charge in [-0.05, 0) is 12.8 Å². The quantitative estimate of drug-likeness (QED) is 0.594. The molecule has 1 heterocycles. The first-order valence-corrected chi connectivity index (χ1v) is 5.52. The molecular weight excluding hydrogens is 148 g/mol. The average molecular weight is 169 g/mol. The molecule has 2 heteroatoms. The van der Waals surface area contributed by atoms with E-state index < -0.39 is 0 Å². The zero-order chi connectivity index (χ0) is 8.23. The van der Waals surface area contributed by atoms with Crippen molar-refractivity contribution >= 4 is 0 Å². The van der Waals surface area contributed by atoms with Crippen molar-refractivity contribution in [2.45, 2.75) is 38.1 Å². The Bertz CT molecular complexity index is 108. The second-order valence-corrected chi connectivity index (χ2v) is 4.19. The first kappa shape index (κ1) is 8.52. The van der Waals surface area contributed by atoms with Gasteiger partial charge in [0, 0.05) is 19.1 Å². The summed E-state index contributed by atoms with van der Waals surface area (Å²) in [6.45, 7) is 5.34. The third-order valence-corrected chi connectivity index (χ3v) is 3.33. The summed E-state index contributed by atoms with van der Waals surface area (Å²) in [7, 11) is 0. The molecule has 70 valence electrons. The zero-order valence-electron chi connectivity index (χ0n) is 7.97. The minimum atomic E-state index is 0.951. The number of quaternary nitrogens is 1. The molecule has 1 aliphatic heterocycles. The van der Waals surface area contributed by atoms with E-state index in [0.717, 1.165) is 6.04 Å². The van der Waals surface area contributed by atoms with Gasteiger partial charge in [0.05, 0.1) is 13.1 Å². The van der Waals surface area contributed by atoms with Crippen molar-refractivity contribution in [3.8, 4) is 0 Å². The van der Waals surface area contributed by atoms with Crippen LogP contribution in [0.25, 0.3) is 0 Å². The minimum Gasteiger partial charge on any atom is -0.344 e. The van der Waals surface area contributed by atoms with E-state index in [9.17, 15) is 0 Å². The lowest BCUT2D eigenvalue weighted by Crippen LogP contribution is -2.90. The number of nitrogens with two attached hydrogens (primary N) is 1. The molecule has 2 fully saturated rings. The molecule has 0 aromatic heterocycles. The van der Waals surface area contributed by atoms with E-state index in [4.69, 9.17) is 0 Å². The third-order valence-electron chi connectivity index (χ3n) is 3.33. The molecule has 0 aromatic rings. The number of piperazine rings is 1. The molecule has 0 amide bonds. The molecule has 2 N–H and O–H groups in total. The van der Waals surface area contributed by atoms with Crippen molar-refractivity contribution in [2.24, 2.45) is 0 Å². The molecule has 1 aliphatic carbocycles. The van der Waals surface area contributed by atoms with Crippen molar-refractivity contribution in [3.05, 3.63) is 0 Å². The summed E-state index contributed by atoms with van der Waals surface area (Å²) in [5.74, 6) is 0. The fourth-order valence-electron chi connectivity index (χ4n) is 2.58. The smallest absolute Gasteiger partial charge is 0.0885 e. The lowest BCUT2D eigenvalue weighted by molar-refractivity contribution is -0.663. The van der Waals surface area contributed by atoms with Gasteiger partial charge in [-0.3, -0.25) is 4.90 Å². The van der Waals surface area contributed by atoms with Crippen molar-refractivity contribution in [2.75, 3.05) is 26.2 Å². The Labute approximate surface area is 75.3 Å². The van der Waals surface area contributed by atoms with Crippen LogP contribution in [0.15, 0.2) is 0 Å². The minimum absolute atomic E-state index is 0.951. The Balaban J connectivity index is 1.80. The normalized spacial score (nSPS) is 29.0. The summed E-state index contributed by atoms with van der Waals surface area (Å²) < 4.78 is 0. The molecule has 0 bridgehead atoms. The molecule has 0 unspecified atom stereocenters. The molecule has 2 aliphatic rings. The highest BCUT2D eigenvalue weighted by Crippen LogP contribution is 2.22. The molecule has 1 saturated heterocycles. The van der Waals surface area contributed by atoms with Crippen molar-refractivity contribution in [3.63, 3.8) is 0 Å². The van der Waals surface area contributed by atoms with Crippen molar-refractivity contribution in [1.82, 2.24) is 4.90 Å². The van der Waals surface area contributed by atoms with Crippen molar-refractivity contribution in [1.29, 1.82) is 0 Å². The van der Waals surface area contributed by atoms with Crippen LogP contribution in [0.3, 0.4) is 0 Å². The monoisotopic (exact) mass is 169 g/mol. The molecule has 1 saturated carbocycles. The topological polar surface area (TPSA) is 19.9 Å². The number of rotatable bonds is 1. The second kappa shape index (κ2) is 4.24. The predicted octanol–water partition coefficient (Wildman–Crippen LogP) is 0.198. The van der Waals surface area contributed by atoms with Crippen LogP contribution in [0, 0.1) is 0 Å². The van der Waals surface area contributed by atoms with Gasteiger partial charge in [-0.1, -0.05) is 19.3 Å². The van der Waals surface area contributed by atoms with Crippen LogP contribution in [-0.2, 0) is 0 Å². The molecule has 0 radical (unpaired) electrons. The van der Waals surface area contributed by atoms with Crippen LogP contribution in [0.4, 0.5) is 0 Å². The molecule has 0 aromatic carbocycles. The van der Waals surface area contributed by atoms with E-state index in [1.54, 1.807) is 0 Å². The zero-order valence-corrected chi connectivity index (χ0v) is 7.97. The Kier molecular flexibility index (Phi) is 3.01. The van der Waals surface area contributed by atoms with Gasteiger partial charge in [-0.15, -0.1) is 0 Å². The fourth-order valence-corrected chi connectivity index (χ4v) is 2.58. The molecule has 0 spiro atoms. The molecule has 2 rings (SSSR count). The summed E-state index contributed by atoms with van der Waals surface area (Å²) in [4.78, 5) is 2.72. The fraction of sp³-hybridized carbons (Fsp3) is 1.00. The number of nitrogens with zero attached hydrogens (tertiary/aromatic N) is 1. The molecule has 12 heavy (non-hydrogen) atoms. The lowest BCUT2D eigenvalue weighted by atomic mass is 9.94. The maximum atomic E-state index is 2.72. The predicted molar refractivity (Wildman–Crippen MR) is 50.1 cm³/mol. The van der Waals surface area contributed by atoms with Gasteiger partial charge >= 0.3 is 0 Å². The Morgan fingerprint density at radius 1 is 0.917 bits per heavy atom. The van der Waals surface area contributed by atoms with Gasteiger partial charge in [-0.2, -0.15) is 0 Å². The van der Waals surface area contributed by atoms with Gasteiger partial charge < -0.3 is 5.32 Å². The summed E-state index contributed by atoms with van der Waals surface area (Å²) in [5.41, 5.74) is 0. The standard InChI is InChI=1S/C10H20N2/c1-2-4-10(5-3-1)12-8-6-11-7-9-12/h10-11H,1-9H2/p+1. The molecular formula is C10H21N2+. The van der Waals surface area contributed by atoms with Crippen LogP contribution in [-0.4, -0.2) is 37.1 Å². The maximum Gasteiger partial charge on any atom is 0.0885 e. The van der Waals surface area contributed by atoms with Gasteiger partial charge in [0.2, 0.25) is 0 Å².